The second-order valence-corrected chi connectivity index (χ2v) is 6.03. The number of nitrogens with zero attached hydrogens (tertiary/aromatic N) is 1. The number of morpholine rings is 1. The van der Waals surface area contributed by atoms with Crippen LogP contribution in [0.4, 0.5) is 0 Å². The van der Waals surface area contributed by atoms with Crippen LogP contribution in [0.3, 0.4) is 0 Å². The molecule has 1 heterocycles. The fourth-order valence-corrected chi connectivity index (χ4v) is 2.35. The molecule has 0 spiro atoms. The molecule has 0 saturated carbocycles. The van der Waals surface area contributed by atoms with E-state index in [1.165, 1.54) is 12.0 Å². The summed E-state index contributed by atoms with van der Waals surface area (Å²) < 4.78 is 10.1. The molecule has 0 unspecified atom stereocenters. The minimum Gasteiger partial charge on any atom is -0.383 e. The molecule has 148 valence electrons. The highest BCUT2D eigenvalue weighted by Crippen LogP contribution is 1.86. The van der Waals surface area contributed by atoms with Crippen molar-refractivity contribution < 1.29 is 28.8 Å². The quantitative estimate of drug-likeness (QED) is 0.141. The van der Waals surface area contributed by atoms with Gasteiger partial charge in [0.05, 0.1) is 32.8 Å². The lowest BCUT2D eigenvalue weighted by atomic mass is 10.3. The highest BCUT2D eigenvalue weighted by molar-refractivity contribution is 6.35. The topological polar surface area (TPSA) is 123 Å². The van der Waals surface area contributed by atoms with Crippen LogP contribution in [0.1, 0.15) is 19.8 Å². The summed E-state index contributed by atoms with van der Waals surface area (Å²) in [6, 6.07) is 0. The van der Waals surface area contributed by atoms with E-state index in [9.17, 15) is 14.4 Å². The molecule has 4 N–H and O–H groups in total. The Morgan fingerprint density at radius 2 is 1.85 bits per heavy atom. The Balaban J connectivity index is 2.14. The zero-order valence-electron chi connectivity index (χ0n) is 15.6. The summed E-state index contributed by atoms with van der Waals surface area (Å²) in [5.74, 6) is -1.84. The highest BCUT2D eigenvalue weighted by atomic mass is 16.5. The van der Waals surface area contributed by atoms with E-state index in [0.29, 0.717) is 18.9 Å². The zero-order chi connectivity index (χ0) is 19.2. The molecule has 0 radical (unpaired) electrons. The first-order valence-corrected chi connectivity index (χ1v) is 8.81. The Labute approximate surface area is 153 Å². The van der Waals surface area contributed by atoms with Gasteiger partial charge in [-0.25, -0.2) is 5.43 Å². The number of amides is 3. The van der Waals surface area contributed by atoms with E-state index in [0.717, 1.165) is 39.3 Å². The van der Waals surface area contributed by atoms with Crippen molar-refractivity contribution in [1.29, 1.82) is 0 Å². The van der Waals surface area contributed by atoms with E-state index < -0.39 is 11.8 Å². The van der Waals surface area contributed by atoms with Gasteiger partial charge in [0.15, 0.2) is 0 Å². The molecule has 1 saturated heterocycles. The molecule has 10 heteroatoms. The van der Waals surface area contributed by atoms with E-state index in [-0.39, 0.29) is 18.9 Å². The Hall–Kier alpha value is -2.04. The summed E-state index contributed by atoms with van der Waals surface area (Å²) in [6.07, 6.45) is 0.964. The first-order chi connectivity index (χ1) is 12.5. The van der Waals surface area contributed by atoms with E-state index in [2.05, 4.69) is 21.2 Å². The number of carbonyl (C=O) groups excluding carboxylic acids is 3. The SMILES string of the molecule is COCCNC(=O)C(=O)N/N=C(/C)CC(=O)NCCC[NH+]1CCOCC1. The molecule has 26 heavy (non-hydrogen) atoms. The monoisotopic (exact) mass is 372 g/mol. The van der Waals surface area contributed by atoms with Gasteiger partial charge in [0, 0.05) is 32.3 Å². The Kier molecular flexibility index (Phi) is 11.2. The molecule has 0 aromatic carbocycles. The standard InChI is InChI=1S/C16H29N5O5/c1-13(19-20-16(24)15(23)18-5-9-25-2)12-14(22)17-4-3-6-21-7-10-26-11-8-21/h3-12H2,1-2H3,(H,17,22)(H,18,23)(H,20,24)/p+1/b19-13-. The molecule has 0 aliphatic carbocycles. The van der Waals surface area contributed by atoms with Crippen molar-refractivity contribution in [2.45, 2.75) is 19.8 Å². The van der Waals surface area contributed by atoms with Crippen molar-refractivity contribution in [3.63, 3.8) is 0 Å². The van der Waals surface area contributed by atoms with Gasteiger partial charge in [-0.3, -0.25) is 14.4 Å². The summed E-state index contributed by atoms with van der Waals surface area (Å²) in [5.41, 5.74) is 2.54. The van der Waals surface area contributed by atoms with Crippen LogP contribution < -0.4 is 21.0 Å². The first kappa shape index (κ1) is 22.0. The first-order valence-electron chi connectivity index (χ1n) is 8.81. The lowest BCUT2D eigenvalue weighted by Crippen LogP contribution is -3.14. The molecule has 10 nitrogen and oxygen atoms in total. The molecule has 0 aromatic rings. The Bertz CT molecular complexity index is 491. The second kappa shape index (κ2) is 13.2. The molecule has 1 aliphatic rings. The third kappa shape index (κ3) is 10.1. The number of carbonyl (C=O) groups is 3. The maximum Gasteiger partial charge on any atom is 0.329 e. The molecule has 0 bridgehead atoms. The van der Waals surface area contributed by atoms with Gasteiger partial charge in [0.2, 0.25) is 5.91 Å². The summed E-state index contributed by atoms with van der Waals surface area (Å²) in [7, 11) is 1.49. The molecule has 0 aromatic heterocycles. The lowest BCUT2D eigenvalue weighted by molar-refractivity contribution is -0.908. The van der Waals surface area contributed by atoms with Gasteiger partial charge < -0.3 is 25.0 Å². The van der Waals surface area contributed by atoms with Crippen LogP contribution in [0.15, 0.2) is 5.10 Å². The predicted molar refractivity (Wildman–Crippen MR) is 94.8 cm³/mol. The van der Waals surface area contributed by atoms with Gasteiger partial charge >= 0.3 is 11.8 Å². The van der Waals surface area contributed by atoms with E-state index in [4.69, 9.17) is 9.47 Å². The Morgan fingerprint density at radius 1 is 1.12 bits per heavy atom. The zero-order valence-corrected chi connectivity index (χ0v) is 15.6. The van der Waals surface area contributed by atoms with Crippen LogP contribution in [-0.2, 0) is 23.9 Å². The third-order valence-corrected chi connectivity index (χ3v) is 3.79. The summed E-state index contributed by atoms with van der Waals surface area (Å²) in [6.45, 7) is 7.39. The number of hydrogen-bond donors (Lipinski definition) is 4. The van der Waals surface area contributed by atoms with Gasteiger partial charge in [-0.2, -0.15) is 5.10 Å². The van der Waals surface area contributed by atoms with Crippen molar-refractivity contribution in [1.82, 2.24) is 16.1 Å². The third-order valence-electron chi connectivity index (χ3n) is 3.79. The van der Waals surface area contributed by atoms with Gasteiger partial charge in [-0.05, 0) is 6.92 Å². The molecule has 0 atom stereocenters. The van der Waals surface area contributed by atoms with Crippen LogP contribution in [0, 0.1) is 0 Å². The second-order valence-electron chi connectivity index (χ2n) is 6.03. The smallest absolute Gasteiger partial charge is 0.329 e. The number of ether oxygens (including phenoxy) is 2. The average Bonchev–Trinajstić information content (AvgIpc) is 2.64. The van der Waals surface area contributed by atoms with Crippen molar-refractivity contribution in [2.24, 2.45) is 5.10 Å². The normalized spacial score (nSPS) is 15.4. The maximum absolute atomic E-state index is 11.8. The number of methoxy groups -OCH3 is 1. The van der Waals surface area contributed by atoms with E-state index in [1.807, 2.05) is 0 Å². The molecule has 1 aliphatic heterocycles. The number of nitrogens with one attached hydrogen (secondary N) is 4. The minimum absolute atomic E-state index is 0.0655. The number of quaternary nitrogens is 1. The van der Waals surface area contributed by atoms with E-state index >= 15 is 0 Å². The molecule has 1 rings (SSSR count). The van der Waals surface area contributed by atoms with Gasteiger partial charge in [0.25, 0.3) is 0 Å². The number of hydrazone groups is 1. The van der Waals surface area contributed by atoms with Crippen LogP contribution >= 0.6 is 0 Å². The van der Waals surface area contributed by atoms with Crippen molar-refractivity contribution >= 4 is 23.4 Å². The van der Waals surface area contributed by atoms with Crippen molar-refractivity contribution in [3.8, 4) is 0 Å². The van der Waals surface area contributed by atoms with Crippen LogP contribution in [0.5, 0.6) is 0 Å². The molecule has 1 fully saturated rings. The van der Waals surface area contributed by atoms with E-state index in [1.54, 1.807) is 6.92 Å². The fourth-order valence-electron chi connectivity index (χ4n) is 2.35. The van der Waals surface area contributed by atoms with Gasteiger partial charge in [0.1, 0.15) is 13.1 Å². The highest BCUT2D eigenvalue weighted by Gasteiger charge is 2.14. The number of hydrogen-bond acceptors (Lipinski definition) is 6. The predicted octanol–water partition coefficient (Wildman–Crippen LogP) is -2.95. The molecular weight excluding hydrogens is 342 g/mol. The Morgan fingerprint density at radius 3 is 2.54 bits per heavy atom. The maximum atomic E-state index is 11.8. The van der Waals surface area contributed by atoms with Crippen molar-refractivity contribution in [3.05, 3.63) is 0 Å². The average molecular weight is 372 g/mol. The summed E-state index contributed by atoms with van der Waals surface area (Å²) >= 11 is 0. The fraction of sp³-hybridized carbons (Fsp3) is 0.750. The number of rotatable bonds is 10. The largest absolute Gasteiger partial charge is 0.383 e. The van der Waals surface area contributed by atoms with Gasteiger partial charge in [-0.15, -0.1) is 0 Å². The van der Waals surface area contributed by atoms with Crippen LogP contribution in [0.25, 0.3) is 0 Å². The van der Waals surface area contributed by atoms with Crippen molar-refractivity contribution in [2.75, 3.05) is 59.7 Å². The summed E-state index contributed by atoms with van der Waals surface area (Å²) in [4.78, 5) is 36.3. The molecule has 3 amide bonds. The van der Waals surface area contributed by atoms with Gasteiger partial charge in [-0.1, -0.05) is 0 Å². The summed E-state index contributed by atoms with van der Waals surface area (Å²) in [5, 5.41) is 8.96. The minimum atomic E-state index is -0.880. The van der Waals surface area contributed by atoms with Crippen LogP contribution in [0.2, 0.25) is 0 Å². The lowest BCUT2D eigenvalue weighted by Gasteiger charge is -2.23. The molecular formula is C16H30N5O5+. The van der Waals surface area contributed by atoms with Crippen LogP contribution in [-0.4, -0.2) is 83.1 Å².